The van der Waals surface area contributed by atoms with E-state index in [9.17, 15) is 4.79 Å². The van der Waals surface area contributed by atoms with Crippen LogP contribution in [-0.2, 0) is 4.79 Å². The molecule has 1 heterocycles. The summed E-state index contributed by atoms with van der Waals surface area (Å²) in [4.78, 5) is 13.9. The third kappa shape index (κ3) is 5.53. The Labute approximate surface area is 148 Å². The third-order valence-corrected chi connectivity index (χ3v) is 6.11. The summed E-state index contributed by atoms with van der Waals surface area (Å²) in [6.45, 7) is 2.16. The molecule has 1 aromatic heterocycles. The van der Waals surface area contributed by atoms with E-state index in [-0.39, 0.29) is 18.2 Å². The Hall–Kier alpha value is -1.56. The average Bonchev–Trinajstić information content (AvgIpc) is 3.04. The number of benzene rings is 1. The maximum absolute atomic E-state index is 12.4. The first-order valence-electron chi connectivity index (χ1n) is 7.06. The molecule has 0 aliphatic carbocycles. The van der Waals surface area contributed by atoms with Crippen LogP contribution in [0.25, 0.3) is 0 Å². The van der Waals surface area contributed by atoms with Gasteiger partial charge in [0, 0.05) is 11.4 Å². The summed E-state index contributed by atoms with van der Waals surface area (Å²) in [7, 11) is 0. The second-order valence-electron chi connectivity index (χ2n) is 4.44. The van der Waals surface area contributed by atoms with Crippen molar-refractivity contribution in [2.24, 2.45) is 0 Å². The first-order chi connectivity index (χ1) is 11.2. The molecule has 1 amide bonds. The number of carbonyl (C=O) groups is 1. The molecule has 1 aromatic carbocycles. The number of aromatic nitrogens is 2. The Balaban J connectivity index is 1.94. The minimum atomic E-state index is -0.110. The summed E-state index contributed by atoms with van der Waals surface area (Å²) in [5.41, 5.74) is 0.733. The molecular formula is C15H16N4OS3. The molecule has 0 saturated heterocycles. The maximum Gasteiger partial charge on any atom is 0.238 e. The number of rotatable bonds is 8. The number of hydrogen-bond donors (Lipinski definition) is 0. The maximum atomic E-state index is 12.4. The molecule has 0 atom stereocenters. The predicted octanol–water partition coefficient (Wildman–Crippen LogP) is 3.69. The number of carbonyl (C=O) groups excluding carboxylic acids is 1. The van der Waals surface area contributed by atoms with Gasteiger partial charge in [0.05, 0.1) is 11.8 Å². The molecule has 0 radical (unpaired) electrons. The second-order valence-corrected chi connectivity index (χ2v) is 7.99. The first kappa shape index (κ1) is 17.8. The van der Waals surface area contributed by atoms with Crippen LogP contribution in [0.1, 0.15) is 13.3 Å². The zero-order valence-corrected chi connectivity index (χ0v) is 15.1. The lowest BCUT2D eigenvalue weighted by Crippen LogP contribution is -2.32. The number of thioether (sulfide) groups is 2. The number of anilines is 1. The Morgan fingerprint density at radius 1 is 1.26 bits per heavy atom. The van der Waals surface area contributed by atoms with E-state index < -0.39 is 0 Å². The van der Waals surface area contributed by atoms with Crippen LogP contribution in [0.5, 0.6) is 0 Å². The van der Waals surface area contributed by atoms with Crippen molar-refractivity contribution < 1.29 is 4.79 Å². The van der Waals surface area contributed by atoms with Gasteiger partial charge < -0.3 is 0 Å². The molecule has 8 heteroatoms. The molecule has 120 valence electrons. The van der Waals surface area contributed by atoms with Crippen molar-refractivity contribution in [1.29, 1.82) is 5.26 Å². The summed E-state index contributed by atoms with van der Waals surface area (Å²) in [5, 5.41) is 17.1. The van der Waals surface area contributed by atoms with Crippen molar-refractivity contribution in [2.45, 2.75) is 22.0 Å². The topological polar surface area (TPSA) is 69.9 Å². The second kappa shape index (κ2) is 9.55. The van der Waals surface area contributed by atoms with Crippen LogP contribution in [0.3, 0.4) is 0 Å². The minimum Gasteiger partial charge on any atom is -0.298 e. The Morgan fingerprint density at radius 2 is 1.96 bits per heavy atom. The smallest absolute Gasteiger partial charge is 0.238 e. The van der Waals surface area contributed by atoms with Gasteiger partial charge in [-0.15, -0.1) is 10.2 Å². The van der Waals surface area contributed by atoms with Crippen LogP contribution >= 0.6 is 34.9 Å². The standard InChI is InChI=1S/C15H16N4OS3/c1-2-10-21-14-17-18-15(23-14)22-11-13(20)19(9-8-16)12-6-4-3-5-7-12/h3-7H,2,9-11H2,1H3. The molecule has 0 aliphatic heterocycles. The van der Waals surface area contributed by atoms with Crippen LogP contribution in [0.4, 0.5) is 5.69 Å². The molecule has 2 aromatic rings. The summed E-state index contributed by atoms with van der Waals surface area (Å²) >= 11 is 4.55. The normalized spacial score (nSPS) is 10.3. The van der Waals surface area contributed by atoms with Crippen LogP contribution in [0.15, 0.2) is 39.0 Å². The van der Waals surface area contributed by atoms with Gasteiger partial charge in [-0.2, -0.15) is 5.26 Å². The van der Waals surface area contributed by atoms with E-state index in [1.54, 1.807) is 11.8 Å². The van der Waals surface area contributed by atoms with Crippen LogP contribution in [0, 0.1) is 11.3 Å². The van der Waals surface area contributed by atoms with Crippen molar-refractivity contribution in [3.63, 3.8) is 0 Å². The van der Waals surface area contributed by atoms with Gasteiger partial charge >= 0.3 is 0 Å². The summed E-state index contributed by atoms with van der Waals surface area (Å²) < 4.78 is 1.71. The highest BCUT2D eigenvalue weighted by molar-refractivity contribution is 8.03. The lowest BCUT2D eigenvalue weighted by atomic mass is 10.3. The van der Waals surface area contributed by atoms with Gasteiger partial charge in [-0.05, 0) is 18.6 Å². The van der Waals surface area contributed by atoms with Crippen molar-refractivity contribution >= 4 is 46.5 Å². The average molecular weight is 365 g/mol. The SMILES string of the molecule is CCCSc1nnc(SCC(=O)N(CC#N)c2ccccc2)s1. The summed E-state index contributed by atoms with van der Waals surface area (Å²) in [6, 6.07) is 11.3. The van der Waals surface area contributed by atoms with E-state index in [4.69, 9.17) is 5.26 Å². The number of nitriles is 1. The fraction of sp³-hybridized carbons (Fsp3) is 0.333. The van der Waals surface area contributed by atoms with Gasteiger partial charge in [-0.1, -0.05) is 60.0 Å². The Kier molecular flexibility index (Phi) is 7.39. The van der Waals surface area contributed by atoms with Crippen molar-refractivity contribution in [3.05, 3.63) is 30.3 Å². The Morgan fingerprint density at radius 3 is 2.61 bits per heavy atom. The monoisotopic (exact) mass is 364 g/mol. The third-order valence-electron chi connectivity index (χ3n) is 2.73. The Bertz CT molecular complexity index is 669. The van der Waals surface area contributed by atoms with E-state index in [2.05, 4.69) is 17.1 Å². The fourth-order valence-corrected chi connectivity index (χ4v) is 4.53. The molecule has 0 spiro atoms. The molecule has 0 unspecified atom stereocenters. The summed E-state index contributed by atoms with van der Waals surface area (Å²) in [5.74, 6) is 1.15. The number of para-hydroxylation sites is 1. The molecule has 0 bridgehead atoms. The van der Waals surface area contributed by atoms with Crippen LogP contribution in [-0.4, -0.2) is 34.2 Å². The van der Waals surface area contributed by atoms with Crippen molar-refractivity contribution in [3.8, 4) is 6.07 Å². The van der Waals surface area contributed by atoms with Gasteiger partial charge in [-0.3, -0.25) is 9.69 Å². The number of hydrogen-bond acceptors (Lipinski definition) is 7. The lowest BCUT2D eigenvalue weighted by Gasteiger charge is -2.19. The molecule has 0 saturated carbocycles. The zero-order valence-electron chi connectivity index (χ0n) is 12.6. The van der Waals surface area contributed by atoms with E-state index in [0.717, 1.165) is 26.5 Å². The van der Waals surface area contributed by atoms with Crippen LogP contribution in [0.2, 0.25) is 0 Å². The zero-order chi connectivity index (χ0) is 16.5. The van der Waals surface area contributed by atoms with Crippen molar-refractivity contribution in [2.75, 3.05) is 23.0 Å². The fourth-order valence-electron chi connectivity index (χ4n) is 1.71. The molecule has 0 aliphatic rings. The van der Waals surface area contributed by atoms with Gasteiger partial charge in [0.1, 0.15) is 6.54 Å². The molecule has 0 N–H and O–H groups in total. The van der Waals surface area contributed by atoms with Crippen molar-refractivity contribution in [1.82, 2.24) is 10.2 Å². The van der Waals surface area contributed by atoms with Gasteiger partial charge in [-0.25, -0.2) is 0 Å². The number of amides is 1. The molecule has 23 heavy (non-hydrogen) atoms. The lowest BCUT2D eigenvalue weighted by molar-refractivity contribution is -0.116. The van der Waals surface area contributed by atoms with Gasteiger partial charge in [0.15, 0.2) is 8.68 Å². The highest BCUT2D eigenvalue weighted by Gasteiger charge is 2.16. The highest BCUT2D eigenvalue weighted by Crippen LogP contribution is 2.29. The first-order valence-corrected chi connectivity index (χ1v) is 9.84. The largest absolute Gasteiger partial charge is 0.298 e. The number of nitrogens with zero attached hydrogens (tertiary/aromatic N) is 4. The van der Waals surface area contributed by atoms with E-state index >= 15 is 0 Å². The van der Waals surface area contributed by atoms with E-state index in [1.807, 2.05) is 36.4 Å². The molecule has 0 fully saturated rings. The van der Waals surface area contributed by atoms with E-state index in [1.165, 1.54) is 28.0 Å². The van der Waals surface area contributed by atoms with Gasteiger partial charge in [0.25, 0.3) is 0 Å². The highest BCUT2D eigenvalue weighted by atomic mass is 32.2. The summed E-state index contributed by atoms with van der Waals surface area (Å²) in [6.07, 6.45) is 1.09. The molecule has 5 nitrogen and oxygen atoms in total. The molecule has 2 rings (SSSR count). The quantitative estimate of drug-likeness (QED) is 0.525. The van der Waals surface area contributed by atoms with Crippen LogP contribution < -0.4 is 4.90 Å². The predicted molar refractivity (Wildman–Crippen MR) is 96.1 cm³/mol. The van der Waals surface area contributed by atoms with Gasteiger partial charge in [0.2, 0.25) is 5.91 Å². The minimum absolute atomic E-state index is 0.0388. The van der Waals surface area contributed by atoms with E-state index in [0.29, 0.717) is 0 Å². The molecular weight excluding hydrogens is 348 g/mol.